The van der Waals surface area contributed by atoms with Crippen molar-refractivity contribution < 1.29 is 18.0 Å². The molecule has 9 nitrogen and oxygen atoms in total. The van der Waals surface area contributed by atoms with E-state index in [9.17, 15) is 18.0 Å². The van der Waals surface area contributed by atoms with Gasteiger partial charge in [0, 0.05) is 31.1 Å². The van der Waals surface area contributed by atoms with E-state index in [2.05, 4.69) is 15.5 Å². The number of carbonyl (C=O) groups excluding carboxylic acids is 2. The standard InChI is InChI=1S/C18H21N5O4S/c1-9(11-3-4-11)23-8-13-5-12(14-7-16(22-21-14)20-10(2)24)6-15(28(19,26)27)17(13)18(23)25/h5-7,9,11H,3-4,8H2,1-2H3,(H2,19,26,27)(H2,20,21,22,24). The lowest BCUT2D eigenvalue weighted by molar-refractivity contribution is -0.114. The number of hydrogen-bond donors (Lipinski definition) is 3. The Morgan fingerprint density at radius 2 is 2.07 bits per heavy atom. The first-order chi connectivity index (χ1) is 13.1. The quantitative estimate of drug-likeness (QED) is 0.693. The summed E-state index contributed by atoms with van der Waals surface area (Å²) in [5.74, 6) is 0.213. The lowest BCUT2D eigenvalue weighted by atomic mass is 10.0. The molecule has 1 aliphatic heterocycles. The SMILES string of the molecule is CC(=O)Nc1cc(-c2cc3c(c(S(N)(=O)=O)c2)C(=O)N(C(C)C2CC2)C3)[nH]n1. The molecule has 1 aliphatic carbocycles. The second kappa shape index (κ2) is 6.42. The first-order valence-electron chi connectivity index (χ1n) is 8.99. The molecule has 0 radical (unpaired) electrons. The number of sulfonamides is 1. The molecule has 1 aromatic heterocycles. The number of hydrogen-bond acceptors (Lipinski definition) is 5. The fraction of sp³-hybridized carbons (Fsp3) is 0.389. The van der Waals surface area contributed by atoms with Crippen LogP contribution in [0.25, 0.3) is 11.3 Å². The number of benzene rings is 1. The van der Waals surface area contributed by atoms with E-state index < -0.39 is 10.0 Å². The van der Waals surface area contributed by atoms with Crippen molar-refractivity contribution in [3.05, 3.63) is 29.3 Å². The Morgan fingerprint density at radius 1 is 1.36 bits per heavy atom. The van der Waals surface area contributed by atoms with Gasteiger partial charge in [-0.25, -0.2) is 13.6 Å². The minimum absolute atomic E-state index is 0.0511. The number of carbonyl (C=O) groups is 2. The molecule has 1 aromatic carbocycles. The minimum atomic E-state index is -4.11. The van der Waals surface area contributed by atoms with Crippen LogP contribution in [-0.4, -0.2) is 41.4 Å². The molecule has 0 saturated heterocycles. The number of amides is 2. The summed E-state index contributed by atoms with van der Waals surface area (Å²) < 4.78 is 24.4. The first kappa shape index (κ1) is 18.6. The molecular formula is C18H21N5O4S. The zero-order valence-electron chi connectivity index (χ0n) is 15.5. The summed E-state index contributed by atoms with van der Waals surface area (Å²) >= 11 is 0. The predicted molar refractivity (Wildman–Crippen MR) is 102 cm³/mol. The molecule has 10 heteroatoms. The Bertz CT molecular complexity index is 1090. The number of fused-ring (bicyclic) bond motifs is 1. The number of nitrogens with one attached hydrogen (secondary N) is 2. The number of nitrogens with zero attached hydrogens (tertiary/aromatic N) is 2. The largest absolute Gasteiger partial charge is 0.331 e. The van der Waals surface area contributed by atoms with Crippen molar-refractivity contribution in [2.75, 3.05) is 5.32 Å². The Kier molecular flexibility index (Phi) is 4.27. The lowest BCUT2D eigenvalue weighted by Gasteiger charge is -2.24. The van der Waals surface area contributed by atoms with Crippen molar-refractivity contribution in [3.63, 3.8) is 0 Å². The van der Waals surface area contributed by atoms with Gasteiger partial charge in [-0.15, -0.1) is 0 Å². The van der Waals surface area contributed by atoms with Gasteiger partial charge >= 0.3 is 0 Å². The van der Waals surface area contributed by atoms with Gasteiger partial charge in [0.1, 0.15) is 0 Å². The van der Waals surface area contributed by atoms with Crippen molar-refractivity contribution in [1.29, 1.82) is 0 Å². The molecule has 148 valence electrons. The van der Waals surface area contributed by atoms with E-state index in [1.54, 1.807) is 17.0 Å². The maximum Gasteiger partial charge on any atom is 0.256 e. The Hall–Kier alpha value is -2.72. The van der Waals surface area contributed by atoms with Gasteiger partial charge in [0.2, 0.25) is 15.9 Å². The molecule has 1 atom stereocenters. The van der Waals surface area contributed by atoms with Crippen molar-refractivity contribution in [2.45, 2.75) is 44.2 Å². The third-order valence-corrected chi connectivity index (χ3v) is 6.23. The highest BCUT2D eigenvalue weighted by Gasteiger charge is 2.41. The number of aromatic nitrogens is 2. The molecule has 2 heterocycles. The van der Waals surface area contributed by atoms with Gasteiger partial charge in [-0.2, -0.15) is 5.10 Å². The number of primary sulfonamides is 1. The zero-order valence-corrected chi connectivity index (χ0v) is 16.3. The monoisotopic (exact) mass is 403 g/mol. The van der Waals surface area contributed by atoms with Gasteiger partial charge in [0.05, 0.1) is 16.2 Å². The Morgan fingerprint density at radius 3 is 2.68 bits per heavy atom. The highest BCUT2D eigenvalue weighted by molar-refractivity contribution is 7.89. The summed E-state index contributed by atoms with van der Waals surface area (Å²) in [6, 6.07) is 4.79. The van der Waals surface area contributed by atoms with Crippen molar-refractivity contribution in [3.8, 4) is 11.3 Å². The fourth-order valence-corrected chi connectivity index (χ4v) is 4.49. The molecule has 4 N–H and O–H groups in total. The van der Waals surface area contributed by atoms with Crippen LogP contribution in [-0.2, 0) is 21.4 Å². The summed E-state index contributed by atoms with van der Waals surface area (Å²) in [4.78, 5) is 25.7. The van der Waals surface area contributed by atoms with E-state index in [1.165, 1.54) is 13.0 Å². The van der Waals surface area contributed by atoms with Gasteiger partial charge in [0.15, 0.2) is 5.82 Å². The van der Waals surface area contributed by atoms with Crippen LogP contribution in [0.5, 0.6) is 0 Å². The van der Waals surface area contributed by atoms with Crippen LogP contribution in [0.1, 0.15) is 42.6 Å². The molecule has 4 rings (SSSR count). The number of anilines is 1. The topological polar surface area (TPSA) is 138 Å². The van der Waals surface area contributed by atoms with Crippen LogP contribution in [0.4, 0.5) is 5.82 Å². The van der Waals surface area contributed by atoms with E-state index >= 15 is 0 Å². The second-order valence-electron chi connectivity index (χ2n) is 7.41. The molecule has 1 fully saturated rings. The number of nitrogens with two attached hydrogens (primary N) is 1. The van der Waals surface area contributed by atoms with E-state index in [4.69, 9.17) is 5.14 Å². The van der Waals surface area contributed by atoms with E-state index in [0.29, 0.717) is 35.1 Å². The molecule has 2 aliphatic rings. The van der Waals surface area contributed by atoms with Gasteiger partial charge in [-0.3, -0.25) is 14.7 Å². The normalized spacial score (nSPS) is 17.5. The summed E-state index contributed by atoms with van der Waals surface area (Å²) in [5, 5.41) is 14.7. The maximum atomic E-state index is 12.9. The van der Waals surface area contributed by atoms with Gasteiger partial charge in [-0.05, 0) is 43.4 Å². The van der Waals surface area contributed by atoms with Crippen LogP contribution < -0.4 is 10.5 Å². The van der Waals surface area contributed by atoms with Crippen molar-refractivity contribution in [1.82, 2.24) is 15.1 Å². The average molecular weight is 403 g/mol. The number of aromatic amines is 1. The van der Waals surface area contributed by atoms with Gasteiger partial charge < -0.3 is 10.2 Å². The molecule has 2 aromatic rings. The molecule has 1 unspecified atom stereocenters. The van der Waals surface area contributed by atoms with Gasteiger partial charge in [0.25, 0.3) is 5.91 Å². The van der Waals surface area contributed by atoms with Crippen LogP contribution in [0.15, 0.2) is 23.1 Å². The first-order valence-corrected chi connectivity index (χ1v) is 10.5. The Balaban J connectivity index is 1.78. The van der Waals surface area contributed by atoms with Crippen molar-refractivity contribution in [2.24, 2.45) is 11.1 Å². The molecule has 1 saturated carbocycles. The molecular weight excluding hydrogens is 382 g/mol. The summed E-state index contributed by atoms with van der Waals surface area (Å²) in [7, 11) is -4.11. The third-order valence-electron chi connectivity index (χ3n) is 5.29. The molecule has 28 heavy (non-hydrogen) atoms. The molecule has 0 bridgehead atoms. The van der Waals surface area contributed by atoms with E-state index in [-0.39, 0.29) is 28.3 Å². The zero-order chi connectivity index (χ0) is 20.2. The second-order valence-corrected chi connectivity index (χ2v) is 8.94. The van der Waals surface area contributed by atoms with E-state index in [1.807, 2.05) is 6.92 Å². The third kappa shape index (κ3) is 3.29. The summed E-state index contributed by atoms with van der Waals surface area (Å²) in [5.41, 5.74) is 1.81. The average Bonchev–Trinajstić information content (AvgIpc) is 3.27. The van der Waals surface area contributed by atoms with Crippen LogP contribution in [0.3, 0.4) is 0 Å². The van der Waals surface area contributed by atoms with E-state index in [0.717, 1.165) is 12.8 Å². The molecule has 2 amide bonds. The summed E-state index contributed by atoms with van der Waals surface area (Å²) in [6.45, 7) is 3.70. The minimum Gasteiger partial charge on any atom is -0.331 e. The fourth-order valence-electron chi connectivity index (χ4n) is 3.70. The summed E-state index contributed by atoms with van der Waals surface area (Å²) in [6.07, 6.45) is 2.16. The number of H-pyrrole nitrogens is 1. The van der Waals surface area contributed by atoms with Crippen LogP contribution in [0.2, 0.25) is 0 Å². The lowest BCUT2D eigenvalue weighted by Crippen LogP contribution is -2.35. The maximum absolute atomic E-state index is 12.9. The smallest absolute Gasteiger partial charge is 0.256 e. The number of rotatable bonds is 5. The predicted octanol–water partition coefficient (Wildman–Crippen LogP) is 1.44. The highest BCUT2D eigenvalue weighted by Crippen LogP contribution is 2.40. The van der Waals surface area contributed by atoms with Gasteiger partial charge in [-0.1, -0.05) is 0 Å². The van der Waals surface area contributed by atoms with Crippen LogP contribution in [0, 0.1) is 5.92 Å². The van der Waals surface area contributed by atoms with Crippen LogP contribution >= 0.6 is 0 Å². The molecule has 0 spiro atoms. The Labute approximate surface area is 162 Å². The highest BCUT2D eigenvalue weighted by atomic mass is 32.2. The van der Waals surface area contributed by atoms with Crippen molar-refractivity contribution >= 4 is 27.7 Å².